The van der Waals surface area contributed by atoms with Gasteiger partial charge in [0.1, 0.15) is 11.3 Å². The number of benzene rings is 1. The standard InChI is InChI=1S/C16H21N5O2/c1-3-17-13-5-4-11(2)8-12(13)15(22)21-7-6-16(23,10-21)14-9-18-20-19-14/h4-5,8-9,17,23H,3,6-7,10H2,1-2H3,(H,18,19,20). The van der Waals surface area contributed by atoms with E-state index in [-0.39, 0.29) is 12.5 Å². The van der Waals surface area contributed by atoms with E-state index >= 15 is 0 Å². The molecule has 7 heteroatoms. The van der Waals surface area contributed by atoms with Gasteiger partial charge in [-0.2, -0.15) is 15.4 Å². The van der Waals surface area contributed by atoms with Crippen molar-refractivity contribution in [1.82, 2.24) is 20.3 Å². The lowest BCUT2D eigenvalue weighted by molar-refractivity contribution is 0.0382. The Morgan fingerprint density at radius 2 is 2.35 bits per heavy atom. The Bertz CT molecular complexity index is 701. The summed E-state index contributed by atoms with van der Waals surface area (Å²) in [6.45, 7) is 5.40. The maximum absolute atomic E-state index is 12.9. The van der Waals surface area contributed by atoms with Gasteiger partial charge in [-0.05, 0) is 26.0 Å². The average Bonchev–Trinajstić information content (AvgIpc) is 3.19. The summed E-state index contributed by atoms with van der Waals surface area (Å²) in [4.78, 5) is 14.6. The zero-order valence-corrected chi connectivity index (χ0v) is 13.3. The number of H-pyrrole nitrogens is 1. The van der Waals surface area contributed by atoms with Crippen molar-refractivity contribution >= 4 is 11.6 Å². The fraction of sp³-hybridized carbons (Fsp3) is 0.438. The van der Waals surface area contributed by atoms with Crippen LogP contribution in [0.5, 0.6) is 0 Å². The van der Waals surface area contributed by atoms with Crippen LogP contribution in [0.3, 0.4) is 0 Å². The summed E-state index contributed by atoms with van der Waals surface area (Å²) in [5, 5.41) is 24.1. The van der Waals surface area contributed by atoms with Gasteiger partial charge in [-0.25, -0.2) is 0 Å². The maximum Gasteiger partial charge on any atom is 0.256 e. The van der Waals surface area contributed by atoms with E-state index < -0.39 is 5.60 Å². The van der Waals surface area contributed by atoms with Crippen molar-refractivity contribution in [1.29, 1.82) is 0 Å². The number of rotatable bonds is 4. The Balaban J connectivity index is 1.84. The Morgan fingerprint density at radius 3 is 3.04 bits per heavy atom. The predicted molar refractivity (Wildman–Crippen MR) is 86.1 cm³/mol. The second-order valence-electron chi connectivity index (χ2n) is 5.94. The van der Waals surface area contributed by atoms with Crippen molar-refractivity contribution in [2.24, 2.45) is 0 Å². The molecule has 0 aliphatic carbocycles. The van der Waals surface area contributed by atoms with Crippen LogP contribution in [-0.2, 0) is 5.60 Å². The minimum atomic E-state index is -1.13. The number of anilines is 1. The molecule has 2 heterocycles. The highest BCUT2D eigenvalue weighted by molar-refractivity contribution is 6.00. The molecule has 3 rings (SSSR count). The lowest BCUT2D eigenvalue weighted by Gasteiger charge is -2.22. The van der Waals surface area contributed by atoms with Gasteiger partial charge < -0.3 is 15.3 Å². The summed E-state index contributed by atoms with van der Waals surface area (Å²) in [6.07, 6.45) is 1.96. The van der Waals surface area contributed by atoms with Crippen LogP contribution >= 0.6 is 0 Å². The second kappa shape index (κ2) is 6.00. The Kier molecular flexibility index (Phi) is 4.04. The van der Waals surface area contributed by atoms with Crippen LogP contribution < -0.4 is 5.32 Å². The van der Waals surface area contributed by atoms with Crippen molar-refractivity contribution in [3.8, 4) is 0 Å². The molecule has 1 unspecified atom stereocenters. The minimum absolute atomic E-state index is 0.0796. The molecule has 0 bridgehead atoms. The van der Waals surface area contributed by atoms with Gasteiger partial charge in [0, 0.05) is 25.2 Å². The van der Waals surface area contributed by atoms with E-state index in [2.05, 4.69) is 20.7 Å². The van der Waals surface area contributed by atoms with E-state index in [0.717, 1.165) is 17.8 Å². The van der Waals surface area contributed by atoms with E-state index in [1.807, 2.05) is 32.0 Å². The number of β-amino-alcohol motifs (C(OH)–C–C–N with tert-alkyl or cyclic N) is 1. The van der Waals surface area contributed by atoms with E-state index in [9.17, 15) is 9.90 Å². The molecule has 0 spiro atoms. The fourth-order valence-electron chi connectivity index (χ4n) is 2.95. The number of aromatic nitrogens is 3. The molecule has 1 amide bonds. The molecule has 3 N–H and O–H groups in total. The van der Waals surface area contributed by atoms with Gasteiger partial charge in [-0.1, -0.05) is 11.6 Å². The smallest absolute Gasteiger partial charge is 0.256 e. The molecule has 1 fully saturated rings. The van der Waals surface area contributed by atoms with Crippen molar-refractivity contribution < 1.29 is 9.90 Å². The zero-order valence-electron chi connectivity index (χ0n) is 13.3. The summed E-state index contributed by atoms with van der Waals surface area (Å²) in [5.74, 6) is -0.0796. The molecular weight excluding hydrogens is 294 g/mol. The van der Waals surface area contributed by atoms with Crippen molar-refractivity contribution in [3.63, 3.8) is 0 Å². The number of carbonyl (C=O) groups excluding carboxylic acids is 1. The normalized spacial score (nSPS) is 20.7. The van der Waals surface area contributed by atoms with E-state index in [1.54, 1.807) is 4.90 Å². The fourth-order valence-corrected chi connectivity index (χ4v) is 2.95. The summed E-state index contributed by atoms with van der Waals surface area (Å²) < 4.78 is 0. The predicted octanol–water partition coefficient (Wildman–Crippen LogP) is 1.28. The number of aliphatic hydroxyl groups is 1. The van der Waals surface area contributed by atoms with Crippen LogP contribution in [0.15, 0.2) is 24.4 Å². The number of nitrogens with zero attached hydrogens (tertiary/aromatic N) is 3. The third-order valence-corrected chi connectivity index (χ3v) is 4.20. The molecule has 122 valence electrons. The van der Waals surface area contributed by atoms with Crippen LogP contribution in [0.25, 0.3) is 0 Å². The molecule has 23 heavy (non-hydrogen) atoms. The summed E-state index contributed by atoms with van der Waals surface area (Å²) in [7, 11) is 0. The topological polar surface area (TPSA) is 94.1 Å². The number of likely N-dealkylation sites (tertiary alicyclic amines) is 1. The molecular formula is C16H21N5O2. The number of aryl methyl sites for hydroxylation is 1. The lowest BCUT2D eigenvalue weighted by Crippen LogP contribution is -2.35. The first-order valence-electron chi connectivity index (χ1n) is 7.76. The average molecular weight is 315 g/mol. The van der Waals surface area contributed by atoms with Gasteiger partial charge in [0.2, 0.25) is 0 Å². The Labute approximate surface area is 134 Å². The number of nitrogens with one attached hydrogen (secondary N) is 2. The lowest BCUT2D eigenvalue weighted by atomic mass is 10.00. The van der Waals surface area contributed by atoms with Crippen LogP contribution in [0, 0.1) is 6.92 Å². The first kappa shape index (κ1) is 15.5. The Morgan fingerprint density at radius 1 is 1.52 bits per heavy atom. The highest BCUT2D eigenvalue weighted by atomic mass is 16.3. The van der Waals surface area contributed by atoms with E-state index in [4.69, 9.17) is 0 Å². The van der Waals surface area contributed by atoms with Gasteiger partial charge in [0.05, 0.1) is 18.3 Å². The summed E-state index contributed by atoms with van der Waals surface area (Å²) >= 11 is 0. The largest absolute Gasteiger partial charge is 0.385 e. The number of aromatic amines is 1. The SMILES string of the molecule is CCNc1ccc(C)cc1C(=O)N1CCC(O)(c2cn[nH]n2)C1. The Hall–Kier alpha value is -2.41. The van der Waals surface area contributed by atoms with Crippen LogP contribution in [0.2, 0.25) is 0 Å². The first-order chi connectivity index (χ1) is 11.0. The summed E-state index contributed by atoms with van der Waals surface area (Å²) in [5.41, 5.74) is 1.83. The molecule has 1 aliphatic rings. The highest BCUT2D eigenvalue weighted by Crippen LogP contribution is 2.32. The first-order valence-corrected chi connectivity index (χ1v) is 7.76. The molecule has 7 nitrogen and oxygen atoms in total. The second-order valence-corrected chi connectivity index (χ2v) is 5.94. The maximum atomic E-state index is 12.9. The number of carbonyl (C=O) groups is 1. The molecule has 2 aromatic rings. The zero-order chi connectivity index (χ0) is 16.4. The van der Waals surface area contributed by atoms with Crippen LogP contribution in [-0.4, -0.2) is 51.0 Å². The highest BCUT2D eigenvalue weighted by Gasteiger charge is 2.42. The van der Waals surface area contributed by atoms with Gasteiger partial charge in [0.15, 0.2) is 0 Å². The van der Waals surface area contributed by atoms with Crippen molar-refractivity contribution in [3.05, 3.63) is 41.2 Å². The molecule has 0 radical (unpaired) electrons. The number of hydrogen-bond acceptors (Lipinski definition) is 5. The number of amides is 1. The molecule has 1 aliphatic heterocycles. The third kappa shape index (κ3) is 2.92. The molecule has 1 aromatic carbocycles. The summed E-state index contributed by atoms with van der Waals surface area (Å²) in [6, 6.07) is 5.78. The van der Waals surface area contributed by atoms with Gasteiger partial charge in [-0.3, -0.25) is 4.79 Å². The van der Waals surface area contributed by atoms with Crippen molar-refractivity contribution in [2.45, 2.75) is 25.9 Å². The third-order valence-electron chi connectivity index (χ3n) is 4.20. The van der Waals surface area contributed by atoms with Gasteiger partial charge in [0.25, 0.3) is 5.91 Å². The quantitative estimate of drug-likeness (QED) is 0.790. The number of hydrogen-bond donors (Lipinski definition) is 3. The molecule has 1 saturated heterocycles. The minimum Gasteiger partial charge on any atom is -0.385 e. The molecule has 1 atom stereocenters. The van der Waals surface area contributed by atoms with E-state index in [0.29, 0.717) is 24.2 Å². The van der Waals surface area contributed by atoms with Crippen LogP contribution in [0.4, 0.5) is 5.69 Å². The molecule has 0 saturated carbocycles. The molecule has 1 aromatic heterocycles. The van der Waals surface area contributed by atoms with Crippen molar-refractivity contribution in [2.75, 3.05) is 25.0 Å². The van der Waals surface area contributed by atoms with Crippen LogP contribution in [0.1, 0.15) is 35.0 Å². The van der Waals surface area contributed by atoms with E-state index in [1.165, 1.54) is 6.20 Å². The van der Waals surface area contributed by atoms with Gasteiger partial charge >= 0.3 is 0 Å². The monoisotopic (exact) mass is 315 g/mol. The van der Waals surface area contributed by atoms with Gasteiger partial charge in [-0.15, -0.1) is 0 Å².